The largest absolute Gasteiger partial charge is 0.433 e. The van der Waals surface area contributed by atoms with Crippen LogP contribution in [0.4, 0.5) is 52.7 Å². The number of hydrogen-bond acceptors (Lipinski definition) is 4. The van der Waals surface area contributed by atoms with Gasteiger partial charge in [0.25, 0.3) is 5.91 Å². The van der Waals surface area contributed by atoms with Gasteiger partial charge in [-0.3, -0.25) is 4.79 Å². The Morgan fingerprint density at radius 1 is 0.812 bits per heavy atom. The molecule has 184 valence electrons. The lowest BCUT2D eigenvalue weighted by molar-refractivity contribution is -0.244. The van der Waals surface area contributed by atoms with E-state index in [9.17, 15) is 70.1 Å². The van der Waals surface area contributed by atoms with Crippen LogP contribution in [0.25, 0.3) is 0 Å². The van der Waals surface area contributed by atoms with Gasteiger partial charge < -0.3 is 4.55 Å². The van der Waals surface area contributed by atoms with Crippen molar-refractivity contribution in [1.82, 2.24) is 4.72 Å². The molecule has 20 heteroatoms. The third kappa shape index (κ3) is 4.95. The average Bonchev–Trinajstić information content (AvgIpc) is 2.58. The van der Waals surface area contributed by atoms with E-state index < -0.39 is 90.7 Å². The molecule has 0 aliphatic carbocycles. The zero-order valence-electron chi connectivity index (χ0n) is 14.2. The number of benzene rings is 1. The fourth-order valence-corrected chi connectivity index (χ4v) is 3.15. The van der Waals surface area contributed by atoms with E-state index in [-0.39, 0.29) is 4.72 Å². The molecule has 0 heterocycles. The van der Waals surface area contributed by atoms with E-state index >= 15 is 0 Å². The van der Waals surface area contributed by atoms with Gasteiger partial charge in [0, 0.05) is 5.56 Å². The highest BCUT2D eigenvalue weighted by Crippen LogP contribution is 2.49. The lowest BCUT2D eigenvalue weighted by Gasteiger charge is -2.29. The summed E-state index contributed by atoms with van der Waals surface area (Å²) in [4.78, 5) is 11.7. The standard InChI is InChI=1S/C12H5F12NO5S2/c13-8(14,15)5-1-4(2-6(3-5)9(16,17)18)7(26)25-32(29,30)12(23,24)10(19,20)11(21,22)31(27)28/h1-3H,(H,25,26)(H,27,28). The van der Waals surface area contributed by atoms with E-state index in [1.165, 1.54) is 0 Å². The van der Waals surface area contributed by atoms with Crippen LogP contribution in [-0.2, 0) is 33.5 Å². The van der Waals surface area contributed by atoms with Crippen LogP contribution in [0.15, 0.2) is 18.2 Å². The summed E-state index contributed by atoms with van der Waals surface area (Å²) in [6.07, 6.45) is -11.2. The molecule has 1 aromatic carbocycles. The summed E-state index contributed by atoms with van der Waals surface area (Å²) in [5.41, 5.74) is -6.42. The number of carbonyl (C=O) groups is 1. The van der Waals surface area contributed by atoms with E-state index in [1.54, 1.807) is 0 Å². The Morgan fingerprint density at radius 2 is 1.19 bits per heavy atom. The van der Waals surface area contributed by atoms with E-state index in [0.29, 0.717) is 0 Å². The van der Waals surface area contributed by atoms with Crippen molar-refractivity contribution < 1.29 is 74.7 Å². The van der Waals surface area contributed by atoms with Crippen LogP contribution in [-0.4, -0.2) is 39.5 Å². The number of rotatable bonds is 6. The quantitative estimate of drug-likeness (QED) is 0.426. The highest BCUT2D eigenvalue weighted by molar-refractivity contribution is 7.91. The van der Waals surface area contributed by atoms with Crippen molar-refractivity contribution in [1.29, 1.82) is 0 Å². The Morgan fingerprint density at radius 3 is 1.50 bits per heavy atom. The molecule has 0 aliphatic heterocycles. The molecule has 0 aromatic heterocycles. The Labute approximate surface area is 170 Å². The molecule has 6 nitrogen and oxygen atoms in total. The van der Waals surface area contributed by atoms with Crippen LogP contribution in [0.1, 0.15) is 21.5 Å². The second-order valence-electron chi connectivity index (χ2n) is 5.59. The maximum Gasteiger partial charge on any atom is 0.433 e. The van der Waals surface area contributed by atoms with Crippen molar-refractivity contribution in [3.63, 3.8) is 0 Å². The summed E-state index contributed by atoms with van der Waals surface area (Å²) in [6, 6.07) is -1.52. The van der Waals surface area contributed by atoms with Crippen LogP contribution < -0.4 is 4.72 Å². The molecule has 0 saturated carbocycles. The maximum absolute atomic E-state index is 13.6. The second kappa shape index (κ2) is 8.04. The third-order valence-electron chi connectivity index (χ3n) is 3.36. The van der Waals surface area contributed by atoms with Gasteiger partial charge in [0.15, 0.2) is 0 Å². The van der Waals surface area contributed by atoms with Crippen molar-refractivity contribution in [3.8, 4) is 0 Å². The molecular formula is C12H5F12NO5S2. The van der Waals surface area contributed by atoms with Gasteiger partial charge in [0.05, 0.1) is 11.1 Å². The lowest BCUT2D eigenvalue weighted by Crippen LogP contribution is -2.62. The molecule has 32 heavy (non-hydrogen) atoms. The number of sulfonamides is 1. The molecule has 1 atom stereocenters. The Hall–Kier alpha value is -2.09. The van der Waals surface area contributed by atoms with E-state index in [4.69, 9.17) is 4.55 Å². The molecule has 0 radical (unpaired) electrons. The average molecular weight is 535 g/mol. The van der Waals surface area contributed by atoms with Crippen LogP contribution in [0.5, 0.6) is 0 Å². The van der Waals surface area contributed by atoms with Crippen molar-refractivity contribution in [2.45, 2.75) is 28.8 Å². The molecule has 1 rings (SSSR count). The number of amides is 1. The fraction of sp³-hybridized carbons (Fsp3) is 0.417. The summed E-state index contributed by atoms with van der Waals surface area (Å²) in [5.74, 6) is -9.96. The summed E-state index contributed by atoms with van der Waals surface area (Å²) in [7, 11) is -7.35. The van der Waals surface area contributed by atoms with Crippen molar-refractivity contribution in [2.75, 3.05) is 0 Å². The number of alkyl halides is 12. The molecular weight excluding hydrogens is 530 g/mol. The van der Waals surface area contributed by atoms with Crippen LogP contribution >= 0.6 is 0 Å². The highest BCUT2D eigenvalue weighted by Gasteiger charge is 2.80. The first-order valence-electron chi connectivity index (χ1n) is 7.00. The Kier molecular flexibility index (Phi) is 7.02. The first-order chi connectivity index (χ1) is 13.9. The van der Waals surface area contributed by atoms with E-state index in [0.717, 1.165) is 0 Å². The molecule has 0 bridgehead atoms. The summed E-state index contributed by atoms with van der Waals surface area (Å²) in [6.45, 7) is 0. The Bertz CT molecular complexity index is 1000. The van der Waals surface area contributed by atoms with Crippen LogP contribution in [0.2, 0.25) is 0 Å². The van der Waals surface area contributed by atoms with Gasteiger partial charge in [0.2, 0.25) is 11.1 Å². The molecule has 0 fully saturated rings. The molecule has 0 spiro atoms. The summed E-state index contributed by atoms with van der Waals surface area (Å²) < 4.78 is 197. The van der Waals surface area contributed by atoms with Crippen LogP contribution in [0, 0.1) is 0 Å². The second-order valence-corrected chi connectivity index (χ2v) is 8.32. The van der Waals surface area contributed by atoms with Gasteiger partial charge in [0.1, 0.15) is 0 Å². The number of nitrogens with one attached hydrogen (secondary N) is 1. The zero-order chi connectivity index (χ0) is 25.7. The van der Waals surface area contributed by atoms with Crippen molar-refractivity contribution in [3.05, 3.63) is 34.9 Å². The molecule has 0 aliphatic rings. The smallest absolute Gasteiger partial charge is 0.301 e. The van der Waals surface area contributed by atoms with Gasteiger partial charge in [-0.2, -0.15) is 61.1 Å². The molecule has 1 aromatic rings. The minimum absolute atomic E-state index is 0.0580. The van der Waals surface area contributed by atoms with Gasteiger partial charge in [-0.1, -0.05) is 0 Å². The monoisotopic (exact) mass is 535 g/mol. The predicted octanol–water partition coefficient (Wildman–Crippen LogP) is 3.83. The number of halogens is 12. The maximum atomic E-state index is 13.6. The summed E-state index contributed by atoms with van der Waals surface area (Å²) in [5, 5.41) is -13.7. The van der Waals surface area contributed by atoms with Crippen LogP contribution in [0.3, 0.4) is 0 Å². The van der Waals surface area contributed by atoms with Crippen molar-refractivity contribution >= 4 is 27.0 Å². The molecule has 1 unspecified atom stereocenters. The predicted molar refractivity (Wildman–Crippen MR) is 78.4 cm³/mol. The minimum Gasteiger partial charge on any atom is -0.301 e. The van der Waals surface area contributed by atoms with Gasteiger partial charge in [-0.25, -0.2) is 8.93 Å². The van der Waals surface area contributed by atoms with E-state index in [2.05, 4.69) is 0 Å². The fourth-order valence-electron chi connectivity index (χ4n) is 1.78. The topological polar surface area (TPSA) is 101 Å². The first-order valence-corrected chi connectivity index (χ1v) is 9.59. The molecule has 2 N–H and O–H groups in total. The third-order valence-corrected chi connectivity index (χ3v) is 5.45. The highest BCUT2D eigenvalue weighted by atomic mass is 32.2. The SMILES string of the molecule is O=C(NS(=O)(=O)C(F)(F)C(F)(F)C(F)(F)S(=O)O)c1cc(C(F)(F)F)cc(C(F)(F)F)c1. The summed E-state index contributed by atoms with van der Waals surface area (Å²) >= 11 is -5.09. The van der Waals surface area contributed by atoms with Gasteiger partial charge >= 0.3 is 38.8 Å². The number of carbonyl (C=O) groups excluding carboxylic acids is 1. The van der Waals surface area contributed by atoms with Crippen molar-refractivity contribution in [2.24, 2.45) is 0 Å². The van der Waals surface area contributed by atoms with E-state index in [1.807, 2.05) is 0 Å². The molecule has 1 amide bonds. The number of hydrogen-bond donors (Lipinski definition) is 2. The minimum atomic E-state index is -7.35. The lowest BCUT2D eigenvalue weighted by atomic mass is 10.0. The van der Waals surface area contributed by atoms with Gasteiger partial charge in [-0.15, -0.1) is 0 Å². The first kappa shape index (κ1) is 27.9. The Balaban J connectivity index is 3.53. The van der Waals surface area contributed by atoms with Gasteiger partial charge in [-0.05, 0) is 18.2 Å². The molecule has 0 saturated heterocycles. The normalized spacial score (nSPS) is 15.4. The zero-order valence-corrected chi connectivity index (χ0v) is 15.8.